The van der Waals surface area contributed by atoms with Crippen molar-refractivity contribution in [3.05, 3.63) is 50.9 Å². The molecule has 2 aromatic rings. The quantitative estimate of drug-likeness (QED) is 0.778. The van der Waals surface area contributed by atoms with Crippen molar-refractivity contribution in [2.45, 2.75) is 11.8 Å². The number of hydrogen-bond donors (Lipinski definition) is 1. The number of ether oxygens (including phenoxy) is 1. The third-order valence-corrected chi connectivity index (χ3v) is 5.22. The van der Waals surface area contributed by atoms with E-state index >= 15 is 0 Å². The van der Waals surface area contributed by atoms with E-state index in [9.17, 15) is 8.42 Å². The van der Waals surface area contributed by atoms with Crippen LogP contribution in [0.4, 0.5) is 5.69 Å². The molecule has 0 amide bonds. The molecule has 2 aromatic carbocycles. The first-order chi connectivity index (χ1) is 9.83. The van der Waals surface area contributed by atoms with Crippen molar-refractivity contribution in [1.29, 1.82) is 0 Å². The number of aryl methyl sites for hydroxylation is 1. The Bertz CT molecular complexity index is 776. The van der Waals surface area contributed by atoms with Crippen molar-refractivity contribution in [2.75, 3.05) is 11.8 Å². The van der Waals surface area contributed by atoms with Crippen molar-refractivity contribution in [3.63, 3.8) is 0 Å². The Balaban J connectivity index is 2.45. The van der Waals surface area contributed by atoms with Gasteiger partial charge in [-0.3, -0.25) is 4.72 Å². The standard InChI is InChI=1S/C14H13Br2NO3S/c1-9-7-10(15)3-5-12(9)17-21(18,19)14-8-11(16)4-6-13(14)20-2/h3-8,17H,1-2H3. The average molecular weight is 435 g/mol. The van der Waals surface area contributed by atoms with Gasteiger partial charge in [-0.25, -0.2) is 8.42 Å². The first-order valence-corrected chi connectivity index (χ1v) is 9.03. The second kappa shape index (κ2) is 6.37. The molecule has 0 aliphatic heterocycles. The van der Waals surface area contributed by atoms with Gasteiger partial charge in [0, 0.05) is 8.95 Å². The van der Waals surface area contributed by atoms with Gasteiger partial charge in [-0.05, 0) is 48.9 Å². The lowest BCUT2D eigenvalue weighted by Gasteiger charge is -2.13. The fourth-order valence-electron chi connectivity index (χ4n) is 1.80. The lowest BCUT2D eigenvalue weighted by molar-refractivity contribution is 0.403. The van der Waals surface area contributed by atoms with E-state index in [0.717, 1.165) is 10.0 Å². The van der Waals surface area contributed by atoms with Gasteiger partial charge in [0.1, 0.15) is 10.6 Å². The highest BCUT2D eigenvalue weighted by molar-refractivity contribution is 9.10. The van der Waals surface area contributed by atoms with E-state index < -0.39 is 10.0 Å². The zero-order valence-electron chi connectivity index (χ0n) is 11.4. The van der Waals surface area contributed by atoms with Crippen LogP contribution in [0.2, 0.25) is 0 Å². The van der Waals surface area contributed by atoms with Crippen LogP contribution in [0.5, 0.6) is 5.75 Å². The average Bonchev–Trinajstić information content (AvgIpc) is 2.42. The molecule has 112 valence electrons. The van der Waals surface area contributed by atoms with Crippen LogP contribution >= 0.6 is 31.9 Å². The Morgan fingerprint density at radius 3 is 2.29 bits per heavy atom. The molecule has 0 bridgehead atoms. The van der Waals surface area contributed by atoms with E-state index in [4.69, 9.17) is 4.74 Å². The van der Waals surface area contributed by atoms with Gasteiger partial charge in [0.05, 0.1) is 12.8 Å². The van der Waals surface area contributed by atoms with Crippen LogP contribution in [0.15, 0.2) is 50.2 Å². The molecule has 0 unspecified atom stereocenters. The summed E-state index contributed by atoms with van der Waals surface area (Å²) in [5, 5.41) is 0. The van der Waals surface area contributed by atoms with E-state index in [-0.39, 0.29) is 4.90 Å². The van der Waals surface area contributed by atoms with Gasteiger partial charge in [0.2, 0.25) is 0 Å². The van der Waals surface area contributed by atoms with Gasteiger partial charge in [0.15, 0.2) is 0 Å². The number of benzene rings is 2. The minimum atomic E-state index is -3.73. The van der Waals surface area contributed by atoms with Gasteiger partial charge in [-0.15, -0.1) is 0 Å². The highest BCUT2D eigenvalue weighted by Crippen LogP contribution is 2.30. The maximum Gasteiger partial charge on any atom is 0.265 e. The van der Waals surface area contributed by atoms with Crippen molar-refractivity contribution in [1.82, 2.24) is 0 Å². The maximum atomic E-state index is 12.5. The minimum absolute atomic E-state index is 0.0849. The lowest BCUT2D eigenvalue weighted by Crippen LogP contribution is -2.14. The van der Waals surface area contributed by atoms with Gasteiger partial charge in [0.25, 0.3) is 10.0 Å². The molecule has 0 fully saturated rings. The number of hydrogen-bond acceptors (Lipinski definition) is 3. The van der Waals surface area contributed by atoms with Crippen LogP contribution < -0.4 is 9.46 Å². The normalized spacial score (nSPS) is 11.2. The Hall–Kier alpha value is -1.05. The predicted molar refractivity (Wildman–Crippen MR) is 90.4 cm³/mol. The molecule has 0 aliphatic rings. The van der Waals surface area contributed by atoms with Gasteiger partial charge < -0.3 is 4.74 Å². The molecule has 4 nitrogen and oxygen atoms in total. The van der Waals surface area contributed by atoms with Crippen LogP contribution in [0.25, 0.3) is 0 Å². The molecule has 2 rings (SSSR count). The zero-order valence-corrected chi connectivity index (χ0v) is 15.3. The maximum absolute atomic E-state index is 12.5. The number of anilines is 1. The van der Waals surface area contributed by atoms with E-state index in [2.05, 4.69) is 36.6 Å². The second-order valence-corrected chi connectivity index (χ2v) is 7.84. The SMILES string of the molecule is COc1ccc(Br)cc1S(=O)(=O)Nc1ccc(Br)cc1C. The van der Waals surface area contributed by atoms with Gasteiger partial charge in [-0.1, -0.05) is 31.9 Å². The molecule has 0 spiro atoms. The smallest absolute Gasteiger partial charge is 0.265 e. The molecule has 1 N–H and O–H groups in total. The summed E-state index contributed by atoms with van der Waals surface area (Å²) in [5.74, 6) is 0.292. The number of rotatable bonds is 4. The molecular formula is C14H13Br2NO3S. The highest BCUT2D eigenvalue weighted by atomic mass is 79.9. The predicted octanol–water partition coefficient (Wildman–Crippen LogP) is 4.33. The Labute approximate surface area is 140 Å². The molecule has 21 heavy (non-hydrogen) atoms. The summed E-state index contributed by atoms with van der Waals surface area (Å²) in [7, 11) is -2.30. The molecule has 0 aliphatic carbocycles. The number of methoxy groups -OCH3 is 1. The number of halogens is 2. The van der Waals surface area contributed by atoms with E-state index in [1.807, 2.05) is 13.0 Å². The third kappa shape index (κ3) is 3.78. The Morgan fingerprint density at radius 2 is 1.67 bits per heavy atom. The largest absolute Gasteiger partial charge is 0.495 e. The van der Waals surface area contributed by atoms with Gasteiger partial charge >= 0.3 is 0 Å². The van der Waals surface area contributed by atoms with E-state index in [1.165, 1.54) is 13.2 Å². The highest BCUT2D eigenvalue weighted by Gasteiger charge is 2.20. The first kappa shape index (κ1) is 16.3. The van der Waals surface area contributed by atoms with Crippen LogP contribution in [-0.4, -0.2) is 15.5 Å². The summed E-state index contributed by atoms with van der Waals surface area (Å²) < 4.78 is 34.4. The van der Waals surface area contributed by atoms with E-state index in [1.54, 1.807) is 24.3 Å². The Morgan fingerprint density at radius 1 is 1.05 bits per heavy atom. The molecule has 0 radical (unpaired) electrons. The third-order valence-electron chi connectivity index (χ3n) is 2.85. The molecule has 7 heteroatoms. The lowest BCUT2D eigenvalue weighted by atomic mass is 10.2. The first-order valence-electron chi connectivity index (χ1n) is 5.96. The molecule has 0 atom stereocenters. The van der Waals surface area contributed by atoms with Gasteiger partial charge in [-0.2, -0.15) is 0 Å². The van der Waals surface area contributed by atoms with Crippen molar-refractivity contribution in [2.24, 2.45) is 0 Å². The minimum Gasteiger partial charge on any atom is -0.495 e. The number of nitrogens with one attached hydrogen (secondary N) is 1. The summed E-state index contributed by atoms with van der Waals surface area (Å²) in [4.78, 5) is 0.0849. The number of sulfonamides is 1. The fraction of sp³-hybridized carbons (Fsp3) is 0.143. The summed E-state index contributed by atoms with van der Waals surface area (Å²) in [6, 6.07) is 10.2. The van der Waals surface area contributed by atoms with E-state index in [0.29, 0.717) is 15.9 Å². The monoisotopic (exact) mass is 433 g/mol. The van der Waals surface area contributed by atoms with Crippen LogP contribution in [-0.2, 0) is 10.0 Å². The summed E-state index contributed by atoms with van der Waals surface area (Å²) >= 11 is 6.62. The molecule has 0 aromatic heterocycles. The van der Waals surface area contributed by atoms with Crippen molar-refractivity contribution < 1.29 is 13.2 Å². The molecule has 0 heterocycles. The summed E-state index contributed by atoms with van der Waals surface area (Å²) in [5.41, 5.74) is 1.35. The van der Waals surface area contributed by atoms with Crippen LogP contribution in [0, 0.1) is 6.92 Å². The summed E-state index contributed by atoms with van der Waals surface area (Å²) in [6.07, 6.45) is 0. The van der Waals surface area contributed by atoms with Crippen molar-refractivity contribution >= 4 is 47.6 Å². The topological polar surface area (TPSA) is 55.4 Å². The van der Waals surface area contributed by atoms with Crippen LogP contribution in [0.3, 0.4) is 0 Å². The molecule has 0 saturated carbocycles. The fourth-order valence-corrected chi connectivity index (χ4v) is 4.12. The zero-order chi connectivity index (χ0) is 15.6. The Kier molecular flexibility index (Phi) is 4.95. The van der Waals surface area contributed by atoms with Crippen LogP contribution in [0.1, 0.15) is 5.56 Å². The molecule has 0 saturated heterocycles. The summed E-state index contributed by atoms with van der Waals surface area (Å²) in [6.45, 7) is 1.83. The second-order valence-electron chi connectivity index (χ2n) is 4.36. The van der Waals surface area contributed by atoms with Crippen molar-refractivity contribution in [3.8, 4) is 5.75 Å². The molecular weight excluding hydrogens is 422 g/mol.